The molecule has 0 saturated carbocycles. The first-order valence-electron chi connectivity index (χ1n) is 5.95. The number of nitrogens with one attached hydrogen (secondary N) is 1. The smallest absolute Gasteiger partial charge is 0.128 e. The van der Waals surface area contributed by atoms with Crippen molar-refractivity contribution >= 4 is 0 Å². The molecule has 1 aromatic rings. The van der Waals surface area contributed by atoms with Crippen molar-refractivity contribution in [2.75, 3.05) is 14.1 Å². The molecule has 5 heteroatoms. The summed E-state index contributed by atoms with van der Waals surface area (Å²) < 4.78 is 27.1. The second-order valence-electron chi connectivity index (χ2n) is 4.87. The van der Waals surface area contributed by atoms with E-state index in [2.05, 4.69) is 5.43 Å². The Labute approximate surface area is 107 Å². The number of hydrogen-bond donors (Lipinski definition) is 2. The van der Waals surface area contributed by atoms with Crippen LogP contribution >= 0.6 is 0 Å². The fourth-order valence-electron chi connectivity index (χ4n) is 2.12. The van der Waals surface area contributed by atoms with Crippen LogP contribution in [0.5, 0.6) is 0 Å². The van der Waals surface area contributed by atoms with E-state index in [4.69, 9.17) is 5.84 Å². The van der Waals surface area contributed by atoms with Gasteiger partial charge < -0.3 is 4.90 Å². The molecule has 0 saturated heterocycles. The van der Waals surface area contributed by atoms with Crippen molar-refractivity contribution in [2.45, 2.75) is 31.8 Å². The summed E-state index contributed by atoms with van der Waals surface area (Å²) in [5, 5.41) is 0. The SMILES string of the molecule is CCC(C)(C(NN)c1cc(F)ccc1F)N(C)C. The molecular formula is C13H21F2N3. The molecule has 1 rings (SSSR count). The van der Waals surface area contributed by atoms with E-state index >= 15 is 0 Å². The summed E-state index contributed by atoms with van der Waals surface area (Å²) >= 11 is 0. The van der Waals surface area contributed by atoms with Crippen molar-refractivity contribution < 1.29 is 8.78 Å². The van der Waals surface area contributed by atoms with Crippen LogP contribution in [0.4, 0.5) is 8.78 Å². The van der Waals surface area contributed by atoms with Crippen LogP contribution in [-0.2, 0) is 0 Å². The van der Waals surface area contributed by atoms with Crippen LogP contribution < -0.4 is 11.3 Å². The largest absolute Gasteiger partial charge is 0.302 e. The zero-order valence-electron chi connectivity index (χ0n) is 11.3. The number of hydrazine groups is 1. The third-order valence-electron chi connectivity index (χ3n) is 3.80. The second-order valence-corrected chi connectivity index (χ2v) is 4.87. The number of likely N-dealkylation sites (N-methyl/N-ethyl adjacent to an activating group) is 1. The van der Waals surface area contributed by atoms with Crippen LogP contribution in [0.1, 0.15) is 31.9 Å². The highest BCUT2D eigenvalue weighted by Crippen LogP contribution is 2.33. The number of halogens is 2. The second kappa shape index (κ2) is 5.73. The first-order chi connectivity index (χ1) is 8.36. The van der Waals surface area contributed by atoms with Crippen molar-refractivity contribution in [1.29, 1.82) is 0 Å². The lowest BCUT2D eigenvalue weighted by Crippen LogP contribution is -2.53. The third-order valence-corrected chi connectivity index (χ3v) is 3.80. The lowest BCUT2D eigenvalue weighted by Gasteiger charge is -2.42. The highest BCUT2D eigenvalue weighted by molar-refractivity contribution is 5.25. The van der Waals surface area contributed by atoms with E-state index < -0.39 is 23.2 Å². The summed E-state index contributed by atoms with van der Waals surface area (Å²) in [5.41, 5.74) is 2.44. The molecule has 0 heterocycles. The lowest BCUT2D eigenvalue weighted by atomic mass is 9.83. The van der Waals surface area contributed by atoms with Gasteiger partial charge in [0.05, 0.1) is 6.04 Å². The fraction of sp³-hybridized carbons (Fsp3) is 0.538. The Morgan fingerprint density at radius 2 is 2.00 bits per heavy atom. The van der Waals surface area contributed by atoms with E-state index in [9.17, 15) is 8.78 Å². The molecule has 0 radical (unpaired) electrons. The molecule has 1 aromatic carbocycles. The normalized spacial score (nSPS) is 16.7. The molecule has 18 heavy (non-hydrogen) atoms. The minimum atomic E-state index is -0.492. The van der Waals surface area contributed by atoms with E-state index in [1.807, 2.05) is 32.8 Å². The first-order valence-corrected chi connectivity index (χ1v) is 5.95. The van der Waals surface area contributed by atoms with Gasteiger partial charge in [0.1, 0.15) is 11.6 Å². The Bertz CT molecular complexity index is 409. The molecule has 0 aromatic heterocycles. The average Bonchev–Trinajstić information content (AvgIpc) is 2.33. The maximum absolute atomic E-state index is 13.9. The summed E-state index contributed by atoms with van der Waals surface area (Å²) in [7, 11) is 3.79. The first kappa shape index (κ1) is 15.0. The zero-order valence-corrected chi connectivity index (χ0v) is 11.3. The van der Waals surface area contributed by atoms with Gasteiger partial charge in [0.25, 0.3) is 0 Å². The van der Waals surface area contributed by atoms with Crippen LogP contribution in [0, 0.1) is 11.6 Å². The minimum Gasteiger partial charge on any atom is -0.302 e. The summed E-state index contributed by atoms with van der Waals surface area (Å²) in [6.07, 6.45) is 0.741. The summed E-state index contributed by atoms with van der Waals surface area (Å²) in [6.45, 7) is 3.95. The molecule has 3 N–H and O–H groups in total. The number of hydrogen-bond acceptors (Lipinski definition) is 3. The average molecular weight is 257 g/mol. The molecule has 0 aliphatic heterocycles. The Kier molecular flexibility index (Phi) is 4.78. The maximum Gasteiger partial charge on any atom is 0.128 e. The minimum absolute atomic E-state index is 0.246. The van der Waals surface area contributed by atoms with E-state index in [1.54, 1.807) is 0 Å². The molecule has 0 spiro atoms. The molecule has 102 valence electrons. The third kappa shape index (κ3) is 2.68. The van der Waals surface area contributed by atoms with Crippen LogP contribution in [0.25, 0.3) is 0 Å². The monoisotopic (exact) mass is 257 g/mol. The van der Waals surface area contributed by atoms with Crippen molar-refractivity contribution in [3.63, 3.8) is 0 Å². The van der Waals surface area contributed by atoms with Crippen LogP contribution in [0.15, 0.2) is 18.2 Å². The number of rotatable bonds is 5. The molecule has 0 aliphatic carbocycles. The number of nitrogens with two attached hydrogens (primary N) is 1. The Hall–Kier alpha value is -1.04. The van der Waals surface area contributed by atoms with Gasteiger partial charge in [0.2, 0.25) is 0 Å². The summed E-state index contributed by atoms with van der Waals surface area (Å²) in [6, 6.07) is 2.93. The molecule has 2 unspecified atom stereocenters. The van der Waals surface area contributed by atoms with E-state index in [1.165, 1.54) is 6.07 Å². The predicted molar refractivity (Wildman–Crippen MR) is 68.8 cm³/mol. The van der Waals surface area contributed by atoms with Gasteiger partial charge in [-0.2, -0.15) is 0 Å². The molecule has 0 fully saturated rings. The predicted octanol–water partition coefficient (Wildman–Crippen LogP) is 2.20. The maximum atomic E-state index is 13.9. The topological polar surface area (TPSA) is 41.3 Å². The Balaban J connectivity index is 3.28. The molecule has 3 nitrogen and oxygen atoms in total. The van der Waals surface area contributed by atoms with E-state index in [-0.39, 0.29) is 5.56 Å². The number of benzene rings is 1. The van der Waals surface area contributed by atoms with Gasteiger partial charge in [0.15, 0.2) is 0 Å². The van der Waals surface area contributed by atoms with Gasteiger partial charge >= 0.3 is 0 Å². The highest BCUT2D eigenvalue weighted by Gasteiger charge is 2.36. The van der Waals surface area contributed by atoms with Gasteiger partial charge in [-0.25, -0.2) is 8.78 Å². The molecular weight excluding hydrogens is 236 g/mol. The van der Waals surface area contributed by atoms with Gasteiger partial charge in [0, 0.05) is 11.1 Å². The standard InChI is InChI=1S/C13H21F2N3/c1-5-13(2,18(3)4)12(17-16)10-8-9(14)6-7-11(10)15/h6-8,12,17H,5,16H2,1-4H3. The van der Waals surface area contributed by atoms with E-state index in [0.29, 0.717) is 0 Å². The van der Waals surface area contributed by atoms with Gasteiger partial charge in [-0.3, -0.25) is 11.3 Å². The molecule has 0 amide bonds. The highest BCUT2D eigenvalue weighted by atomic mass is 19.1. The molecule has 0 bridgehead atoms. The quantitative estimate of drug-likeness (QED) is 0.627. The Morgan fingerprint density at radius 3 is 2.44 bits per heavy atom. The van der Waals surface area contributed by atoms with Crippen LogP contribution in [0.2, 0.25) is 0 Å². The van der Waals surface area contributed by atoms with Crippen LogP contribution in [0.3, 0.4) is 0 Å². The summed E-state index contributed by atoms with van der Waals surface area (Å²) in [5.74, 6) is 4.63. The van der Waals surface area contributed by atoms with Crippen LogP contribution in [-0.4, -0.2) is 24.5 Å². The fourth-order valence-corrected chi connectivity index (χ4v) is 2.12. The summed E-state index contributed by atoms with van der Waals surface area (Å²) in [4.78, 5) is 1.96. The van der Waals surface area contributed by atoms with Gasteiger partial charge in [-0.15, -0.1) is 0 Å². The van der Waals surface area contributed by atoms with Crippen molar-refractivity contribution in [3.05, 3.63) is 35.4 Å². The van der Waals surface area contributed by atoms with Gasteiger partial charge in [-0.1, -0.05) is 6.92 Å². The van der Waals surface area contributed by atoms with E-state index in [0.717, 1.165) is 18.6 Å². The number of nitrogens with zero attached hydrogens (tertiary/aromatic N) is 1. The van der Waals surface area contributed by atoms with Crippen molar-refractivity contribution in [2.24, 2.45) is 5.84 Å². The Morgan fingerprint density at radius 1 is 1.39 bits per heavy atom. The lowest BCUT2D eigenvalue weighted by molar-refractivity contribution is 0.111. The van der Waals surface area contributed by atoms with Crippen molar-refractivity contribution in [1.82, 2.24) is 10.3 Å². The zero-order chi connectivity index (χ0) is 13.9. The van der Waals surface area contributed by atoms with Crippen molar-refractivity contribution in [3.8, 4) is 0 Å². The van der Waals surface area contributed by atoms with Gasteiger partial charge in [-0.05, 0) is 45.6 Å². The molecule has 2 atom stereocenters. The molecule has 0 aliphatic rings.